The van der Waals surface area contributed by atoms with Crippen LogP contribution in [0.1, 0.15) is 36.2 Å². The van der Waals surface area contributed by atoms with Gasteiger partial charge in [0.05, 0.1) is 0 Å². The molecule has 1 saturated carbocycles. The molecule has 24 heavy (non-hydrogen) atoms. The Morgan fingerprint density at radius 2 is 2.04 bits per heavy atom. The van der Waals surface area contributed by atoms with Gasteiger partial charge in [0, 0.05) is 42.3 Å². The smallest absolute Gasteiger partial charge is 0.270 e. The Bertz CT molecular complexity index is 774. The summed E-state index contributed by atoms with van der Waals surface area (Å²) < 4.78 is 5.81. The van der Waals surface area contributed by atoms with Crippen molar-refractivity contribution in [2.75, 3.05) is 25.0 Å². The van der Waals surface area contributed by atoms with Crippen LogP contribution < -0.4 is 10.6 Å². The van der Waals surface area contributed by atoms with E-state index >= 15 is 0 Å². The van der Waals surface area contributed by atoms with Gasteiger partial charge in [-0.05, 0) is 44.7 Å². The second-order valence-corrected chi connectivity index (χ2v) is 7.35. The summed E-state index contributed by atoms with van der Waals surface area (Å²) in [5.41, 5.74) is 1.15. The van der Waals surface area contributed by atoms with Crippen LogP contribution >= 0.6 is 0 Å². The van der Waals surface area contributed by atoms with Crippen LogP contribution in [0.2, 0.25) is 0 Å². The molecule has 6 rings (SSSR count). The molecule has 0 aromatic carbocycles. The second-order valence-electron chi connectivity index (χ2n) is 7.35. The lowest BCUT2D eigenvalue weighted by molar-refractivity contribution is 0.0618. The number of pyridine rings is 1. The summed E-state index contributed by atoms with van der Waals surface area (Å²) in [5, 5.41) is 7.45. The van der Waals surface area contributed by atoms with Gasteiger partial charge in [-0.25, -0.2) is 0 Å². The number of carbonyl (C=O) groups is 1. The molecule has 1 amide bonds. The number of nitrogens with zero attached hydrogens (tertiary/aromatic N) is 2. The summed E-state index contributed by atoms with van der Waals surface area (Å²) in [7, 11) is 0. The predicted octanol–water partition coefficient (Wildman–Crippen LogP) is 2.23. The minimum absolute atomic E-state index is 0.0937. The van der Waals surface area contributed by atoms with Crippen molar-refractivity contribution in [2.24, 2.45) is 5.92 Å². The van der Waals surface area contributed by atoms with Crippen molar-refractivity contribution in [3.63, 3.8) is 0 Å². The fourth-order valence-electron chi connectivity index (χ4n) is 3.93. The van der Waals surface area contributed by atoms with Crippen LogP contribution in [0.5, 0.6) is 0 Å². The van der Waals surface area contributed by atoms with E-state index in [1.165, 1.54) is 38.8 Å². The lowest BCUT2D eigenvalue weighted by Gasteiger charge is -2.44. The third kappa shape index (κ3) is 2.65. The molecule has 126 valence electrons. The maximum Gasteiger partial charge on any atom is 0.270 e. The van der Waals surface area contributed by atoms with E-state index in [0.29, 0.717) is 23.2 Å². The average Bonchev–Trinajstić information content (AvgIpc) is 3.32. The van der Waals surface area contributed by atoms with Crippen molar-refractivity contribution in [1.82, 2.24) is 15.2 Å². The Balaban J connectivity index is 1.32. The van der Waals surface area contributed by atoms with Crippen LogP contribution in [0, 0.1) is 5.92 Å². The molecule has 2 N–H and O–H groups in total. The molecule has 5 heterocycles. The van der Waals surface area contributed by atoms with Gasteiger partial charge in [-0.2, -0.15) is 0 Å². The topological polar surface area (TPSA) is 70.4 Å². The monoisotopic (exact) mass is 326 g/mol. The van der Waals surface area contributed by atoms with Crippen molar-refractivity contribution in [1.29, 1.82) is 0 Å². The number of carbonyl (C=O) groups excluding carboxylic acids is 1. The van der Waals surface area contributed by atoms with Crippen molar-refractivity contribution >= 4 is 22.8 Å². The first kappa shape index (κ1) is 14.3. The number of nitrogens with one attached hydrogen (secondary N) is 2. The molecule has 3 saturated heterocycles. The van der Waals surface area contributed by atoms with Gasteiger partial charge in [0.15, 0.2) is 5.88 Å². The first-order valence-electron chi connectivity index (χ1n) is 8.94. The first-order valence-corrected chi connectivity index (χ1v) is 8.94. The van der Waals surface area contributed by atoms with Crippen molar-refractivity contribution < 1.29 is 9.21 Å². The highest BCUT2D eigenvalue weighted by molar-refractivity contribution is 5.95. The van der Waals surface area contributed by atoms with Crippen LogP contribution in [0.4, 0.5) is 5.88 Å². The van der Waals surface area contributed by atoms with E-state index < -0.39 is 0 Å². The van der Waals surface area contributed by atoms with E-state index in [9.17, 15) is 4.79 Å². The fraction of sp³-hybridized carbons (Fsp3) is 0.556. The number of piperidine rings is 3. The molecule has 1 unspecified atom stereocenters. The van der Waals surface area contributed by atoms with Gasteiger partial charge in [-0.3, -0.25) is 9.78 Å². The van der Waals surface area contributed by atoms with E-state index in [1.807, 2.05) is 6.07 Å². The van der Waals surface area contributed by atoms with E-state index in [0.717, 1.165) is 17.8 Å². The first-order chi connectivity index (χ1) is 11.7. The predicted molar refractivity (Wildman–Crippen MR) is 91.1 cm³/mol. The van der Waals surface area contributed by atoms with Crippen molar-refractivity contribution in [3.8, 4) is 0 Å². The highest BCUT2D eigenvalue weighted by atomic mass is 16.3. The second kappa shape index (κ2) is 5.48. The zero-order chi connectivity index (χ0) is 16.1. The lowest BCUT2D eigenvalue weighted by Crippen LogP contribution is -2.57. The van der Waals surface area contributed by atoms with Crippen LogP contribution in [0.15, 0.2) is 22.7 Å². The quantitative estimate of drug-likeness (QED) is 0.901. The van der Waals surface area contributed by atoms with Gasteiger partial charge < -0.3 is 20.0 Å². The van der Waals surface area contributed by atoms with Crippen molar-refractivity contribution in [2.45, 2.75) is 37.8 Å². The average molecular weight is 326 g/mol. The standard InChI is InChI=1S/C18H22N4O2/c23-18(21-15-10-22-5-3-11(15)4-6-22)14-8-16-12(9-19-14)7-17(24-16)20-13-1-2-13/h7-9,11,13,15,20H,1-6,10H2,(H,21,23). The molecule has 6 nitrogen and oxygen atoms in total. The largest absolute Gasteiger partial charge is 0.441 e. The number of hydrogen-bond donors (Lipinski definition) is 2. The molecular formula is C18H22N4O2. The summed E-state index contributed by atoms with van der Waals surface area (Å²) >= 11 is 0. The molecule has 0 radical (unpaired) electrons. The maximum atomic E-state index is 12.6. The third-order valence-corrected chi connectivity index (χ3v) is 5.53. The zero-order valence-electron chi connectivity index (χ0n) is 13.6. The molecule has 3 aliphatic heterocycles. The zero-order valence-corrected chi connectivity index (χ0v) is 13.6. The Morgan fingerprint density at radius 3 is 2.75 bits per heavy atom. The number of aromatic nitrogens is 1. The number of hydrogen-bond acceptors (Lipinski definition) is 5. The number of amides is 1. The number of rotatable bonds is 4. The molecule has 6 heteroatoms. The Kier molecular flexibility index (Phi) is 3.26. The molecule has 2 aromatic rings. The number of anilines is 1. The molecule has 2 aromatic heterocycles. The number of furan rings is 1. The Hall–Kier alpha value is -2.08. The van der Waals surface area contributed by atoms with Crippen LogP contribution in [0.25, 0.3) is 11.0 Å². The fourth-order valence-corrected chi connectivity index (χ4v) is 3.93. The maximum absolute atomic E-state index is 12.6. The third-order valence-electron chi connectivity index (χ3n) is 5.53. The molecule has 2 bridgehead atoms. The lowest BCUT2D eigenvalue weighted by atomic mass is 9.84. The van der Waals surface area contributed by atoms with Gasteiger partial charge in [0.1, 0.15) is 11.3 Å². The number of fused-ring (bicyclic) bond motifs is 4. The molecule has 0 spiro atoms. The van der Waals surface area contributed by atoms with Gasteiger partial charge >= 0.3 is 0 Å². The highest BCUT2D eigenvalue weighted by Gasteiger charge is 2.35. The van der Waals surface area contributed by atoms with E-state index in [1.54, 1.807) is 12.3 Å². The summed E-state index contributed by atoms with van der Waals surface area (Å²) in [6.45, 7) is 3.31. The minimum Gasteiger partial charge on any atom is -0.441 e. The van der Waals surface area contributed by atoms with Crippen LogP contribution in [0.3, 0.4) is 0 Å². The van der Waals surface area contributed by atoms with Crippen molar-refractivity contribution in [3.05, 3.63) is 24.0 Å². The molecule has 1 aliphatic carbocycles. The molecule has 4 fully saturated rings. The minimum atomic E-state index is -0.0937. The Morgan fingerprint density at radius 1 is 1.21 bits per heavy atom. The normalized spacial score (nSPS) is 28.9. The van der Waals surface area contributed by atoms with Gasteiger partial charge in [0.25, 0.3) is 5.91 Å². The van der Waals surface area contributed by atoms with E-state index in [-0.39, 0.29) is 11.9 Å². The summed E-state index contributed by atoms with van der Waals surface area (Å²) in [5.74, 6) is 1.29. The van der Waals surface area contributed by atoms with Crippen LogP contribution in [-0.2, 0) is 0 Å². The van der Waals surface area contributed by atoms with Gasteiger partial charge in [0.2, 0.25) is 0 Å². The SMILES string of the molecule is O=C(NC1CN2CCC1CC2)c1cc2oc(NC3CC3)cc2cn1. The summed E-state index contributed by atoms with van der Waals surface area (Å²) in [6, 6.07) is 4.50. The molecule has 1 atom stereocenters. The van der Waals surface area contributed by atoms with Crippen LogP contribution in [-0.4, -0.2) is 47.5 Å². The molecule has 4 aliphatic rings. The highest BCUT2D eigenvalue weighted by Crippen LogP contribution is 2.30. The van der Waals surface area contributed by atoms with E-state index in [2.05, 4.69) is 20.5 Å². The van der Waals surface area contributed by atoms with Gasteiger partial charge in [-0.1, -0.05) is 0 Å². The van der Waals surface area contributed by atoms with E-state index in [4.69, 9.17) is 4.42 Å². The Labute approximate surface area is 140 Å². The summed E-state index contributed by atoms with van der Waals surface area (Å²) in [6.07, 6.45) is 6.49. The van der Waals surface area contributed by atoms with Gasteiger partial charge in [-0.15, -0.1) is 0 Å². The summed E-state index contributed by atoms with van der Waals surface area (Å²) in [4.78, 5) is 19.3. The molecular weight excluding hydrogens is 304 g/mol.